The van der Waals surface area contributed by atoms with E-state index in [0.29, 0.717) is 11.4 Å². The number of hydrazine groups is 1. The van der Waals surface area contributed by atoms with Crippen molar-refractivity contribution in [1.29, 1.82) is 0 Å². The van der Waals surface area contributed by atoms with Gasteiger partial charge in [-0.2, -0.15) is 0 Å². The van der Waals surface area contributed by atoms with Gasteiger partial charge in [0.1, 0.15) is 5.82 Å². The molecule has 0 atom stereocenters. The lowest BCUT2D eigenvalue weighted by Gasteiger charge is -2.12. The molecule has 2 aromatic carbocycles. The van der Waals surface area contributed by atoms with Crippen molar-refractivity contribution in [3.05, 3.63) is 72.1 Å². The van der Waals surface area contributed by atoms with E-state index in [2.05, 4.69) is 22.7 Å². The highest BCUT2D eigenvalue weighted by Gasteiger charge is 2.03. The molecule has 0 spiro atoms. The molecule has 2 aromatic rings. The van der Waals surface area contributed by atoms with Crippen LogP contribution in [0.1, 0.15) is 11.1 Å². The Bertz CT molecular complexity index is 651. The Labute approximate surface area is 129 Å². The number of benzene rings is 2. The van der Waals surface area contributed by atoms with Crippen LogP contribution in [-0.2, 0) is 4.79 Å². The normalized spacial score (nSPS) is 9.91. The summed E-state index contributed by atoms with van der Waals surface area (Å²) in [4.78, 5) is 11.7. The third kappa shape index (κ3) is 4.63. The minimum atomic E-state index is -0.314. The van der Waals surface area contributed by atoms with Gasteiger partial charge in [0.05, 0.1) is 12.2 Å². The Hall–Kier alpha value is -2.82. The molecule has 5 heteroatoms. The largest absolute Gasteiger partial charge is 0.376 e. The van der Waals surface area contributed by atoms with Gasteiger partial charge in [-0.1, -0.05) is 36.4 Å². The second kappa shape index (κ2) is 7.26. The van der Waals surface area contributed by atoms with Gasteiger partial charge in [0.25, 0.3) is 5.91 Å². The molecule has 0 unspecified atom stereocenters. The Kier molecular flexibility index (Phi) is 5.14. The molecule has 22 heavy (non-hydrogen) atoms. The van der Waals surface area contributed by atoms with E-state index in [1.807, 2.05) is 31.2 Å². The van der Waals surface area contributed by atoms with E-state index in [4.69, 9.17) is 0 Å². The maximum absolute atomic E-state index is 12.8. The van der Waals surface area contributed by atoms with Crippen LogP contribution in [-0.4, -0.2) is 12.5 Å². The molecule has 1 amide bonds. The third-order valence-electron chi connectivity index (χ3n) is 3.05. The topological polar surface area (TPSA) is 53.2 Å². The standard InChI is InChI=1S/C17H18FN3O/c1-12-3-5-14(6-4-12)13(2)20-21-17(22)11-19-16-9-7-15(18)8-10-16/h3-10,19-20H,2,11H2,1H3,(H,21,22). The van der Waals surface area contributed by atoms with Crippen molar-refractivity contribution < 1.29 is 9.18 Å². The summed E-state index contributed by atoms with van der Waals surface area (Å²) in [6.07, 6.45) is 0. The number of hydrogen-bond donors (Lipinski definition) is 3. The summed E-state index contributed by atoms with van der Waals surface area (Å²) >= 11 is 0. The zero-order valence-corrected chi connectivity index (χ0v) is 12.3. The third-order valence-corrected chi connectivity index (χ3v) is 3.05. The molecule has 0 bridgehead atoms. The molecule has 0 heterocycles. The average Bonchev–Trinajstić information content (AvgIpc) is 2.52. The highest BCUT2D eigenvalue weighted by atomic mass is 19.1. The van der Waals surface area contributed by atoms with Crippen LogP contribution in [0.4, 0.5) is 10.1 Å². The molecule has 0 saturated heterocycles. The molecule has 0 fully saturated rings. The van der Waals surface area contributed by atoms with Gasteiger partial charge in [0, 0.05) is 5.69 Å². The van der Waals surface area contributed by atoms with Gasteiger partial charge < -0.3 is 5.32 Å². The molecule has 4 nitrogen and oxygen atoms in total. The Morgan fingerprint density at radius 1 is 1.05 bits per heavy atom. The number of halogens is 1. The molecule has 0 aromatic heterocycles. The van der Waals surface area contributed by atoms with Gasteiger partial charge >= 0.3 is 0 Å². The smallest absolute Gasteiger partial charge is 0.257 e. The molecular weight excluding hydrogens is 281 g/mol. The van der Waals surface area contributed by atoms with Gasteiger partial charge in [-0.05, 0) is 36.8 Å². The van der Waals surface area contributed by atoms with Crippen molar-refractivity contribution in [3.63, 3.8) is 0 Å². The van der Waals surface area contributed by atoms with E-state index >= 15 is 0 Å². The number of carbonyl (C=O) groups is 1. The SMILES string of the molecule is C=C(NNC(=O)CNc1ccc(F)cc1)c1ccc(C)cc1. The number of anilines is 1. The van der Waals surface area contributed by atoms with Crippen LogP contribution in [0, 0.1) is 12.7 Å². The van der Waals surface area contributed by atoms with Crippen LogP contribution in [0.2, 0.25) is 0 Å². The van der Waals surface area contributed by atoms with E-state index < -0.39 is 0 Å². The summed E-state index contributed by atoms with van der Waals surface area (Å²) in [5.41, 5.74) is 8.66. The van der Waals surface area contributed by atoms with E-state index in [9.17, 15) is 9.18 Å². The number of hydrogen-bond acceptors (Lipinski definition) is 3. The second-order valence-electron chi connectivity index (χ2n) is 4.88. The maximum atomic E-state index is 12.8. The molecule has 0 saturated carbocycles. The summed E-state index contributed by atoms with van der Waals surface area (Å²) < 4.78 is 12.8. The minimum Gasteiger partial charge on any atom is -0.376 e. The van der Waals surface area contributed by atoms with Gasteiger partial charge in [-0.25, -0.2) is 4.39 Å². The highest BCUT2D eigenvalue weighted by Crippen LogP contribution is 2.10. The Balaban J connectivity index is 1.76. The molecule has 2 rings (SSSR count). The molecule has 114 valence electrons. The first-order valence-electron chi connectivity index (χ1n) is 6.85. The molecular formula is C17H18FN3O. The highest BCUT2D eigenvalue weighted by molar-refractivity contribution is 5.81. The zero-order valence-electron chi connectivity index (χ0n) is 12.3. The first-order valence-corrected chi connectivity index (χ1v) is 6.85. The second-order valence-corrected chi connectivity index (χ2v) is 4.88. The van der Waals surface area contributed by atoms with Crippen LogP contribution in [0.5, 0.6) is 0 Å². The number of rotatable bonds is 6. The predicted octanol–water partition coefficient (Wildman–Crippen LogP) is 2.84. The summed E-state index contributed by atoms with van der Waals surface area (Å²) in [6, 6.07) is 13.6. The molecule has 0 radical (unpaired) electrons. The van der Waals surface area contributed by atoms with E-state index in [1.165, 1.54) is 12.1 Å². The predicted molar refractivity (Wildman–Crippen MR) is 86.4 cm³/mol. The summed E-state index contributed by atoms with van der Waals surface area (Å²) in [5, 5.41) is 2.89. The molecule has 3 N–H and O–H groups in total. The van der Waals surface area contributed by atoms with Gasteiger partial charge in [0.2, 0.25) is 0 Å². The zero-order chi connectivity index (χ0) is 15.9. The lowest BCUT2D eigenvalue weighted by Crippen LogP contribution is -2.39. The van der Waals surface area contributed by atoms with Crippen molar-refractivity contribution in [2.75, 3.05) is 11.9 Å². The van der Waals surface area contributed by atoms with Gasteiger partial charge in [-0.15, -0.1) is 0 Å². The Morgan fingerprint density at radius 2 is 1.68 bits per heavy atom. The lowest BCUT2D eigenvalue weighted by molar-refractivity contribution is -0.120. The van der Waals surface area contributed by atoms with Crippen LogP contribution in [0.15, 0.2) is 55.1 Å². The van der Waals surface area contributed by atoms with Crippen molar-refractivity contribution in [1.82, 2.24) is 10.9 Å². The number of amides is 1. The summed E-state index contributed by atoms with van der Waals surface area (Å²) in [6.45, 7) is 5.94. The first kappa shape index (κ1) is 15.6. The number of carbonyl (C=O) groups excluding carboxylic acids is 1. The maximum Gasteiger partial charge on any atom is 0.257 e. The fourth-order valence-electron chi connectivity index (χ4n) is 1.77. The Morgan fingerprint density at radius 3 is 2.32 bits per heavy atom. The van der Waals surface area contributed by atoms with Gasteiger partial charge in [-0.3, -0.25) is 15.6 Å². The van der Waals surface area contributed by atoms with Gasteiger partial charge in [0.15, 0.2) is 0 Å². The molecule has 0 aliphatic rings. The van der Waals surface area contributed by atoms with Crippen LogP contribution in [0.25, 0.3) is 5.70 Å². The lowest BCUT2D eigenvalue weighted by atomic mass is 10.1. The molecule has 0 aliphatic heterocycles. The van der Waals surface area contributed by atoms with Crippen LogP contribution < -0.4 is 16.2 Å². The van der Waals surface area contributed by atoms with Crippen LogP contribution >= 0.6 is 0 Å². The van der Waals surface area contributed by atoms with Crippen molar-refractivity contribution in [3.8, 4) is 0 Å². The van der Waals surface area contributed by atoms with E-state index in [-0.39, 0.29) is 18.3 Å². The minimum absolute atomic E-state index is 0.0693. The van der Waals surface area contributed by atoms with E-state index in [1.54, 1.807) is 12.1 Å². The fraction of sp³-hybridized carbons (Fsp3) is 0.118. The summed E-state index contributed by atoms with van der Waals surface area (Å²) in [5.74, 6) is -0.566. The fourth-order valence-corrected chi connectivity index (χ4v) is 1.77. The van der Waals surface area contributed by atoms with Crippen molar-refractivity contribution in [2.24, 2.45) is 0 Å². The first-order chi connectivity index (χ1) is 10.5. The number of aryl methyl sites for hydroxylation is 1. The number of nitrogens with one attached hydrogen (secondary N) is 3. The van der Waals surface area contributed by atoms with Crippen molar-refractivity contribution in [2.45, 2.75) is 6.92 Å². The average molecular weight is 299 g/mol. The van der Waals surface area contributed by atoms with Crippen LogP contribution in [0.3, 0.4) is 0 Å². The summed E-state index contributed by atoms with van der Waals surface area (Å²) in [7, 11) is 0. The van der Waals surface area contributed by atoms with Crippen molar-refractivity contribution >= 4 is 17.3 Å². The molecule has 0 aliphatic carbocycles. The quantitative estimate of drug-likeness (QED) is 0.719. The van der Waals surface area contributed by atoms with E-state index in [0.717, 1.165) is 11.1 Å². The monoisotopic (exact) mass is 299 g/mol.